The van der Waals surface area contributed by atoms with Gasteiger partial charge in [0, 0.05) is 0 Å². The predicted molar refractivity (Wildman–Crippen MR) is 70.2 cm³/mol. The number of aromatic carboxylic acids is 1. The number of carboxylic acid groups (broad SMARTS) is 1. The van der Waals surface area contributed by atoms with Crippen molar-refractivity contribution in [1.29, 1.82) is 0 Å². The molecule has 1 aromatic heterocycles. The third-order valence-electron chi connectivity index (χ3n) is 2.65. The summed E-state index contributed by atoms with van der Waals surface area (Å²) in [5, 5.41) is 23.4. The van der Waals surface area contributed by atoms with Crippen LogP contribution in [0.15, 0.2) is 28.8 Å². The first-order chi connectivity index (χ1) is 9.50. The Labute approximate surface area is 113 Å². The Morgan fingerprint density at radius 3 is 2.75 bits per heavy atom. The molecule has 0 atom stereocenters. The SMILES string of the molecule is Cc1noc(/C=C/c2ccccc2C(=O)O)c1[N+](=O)[O-]. The molecule has 0 amide bonds. The normalized spacial score (nSPS) is 10.8. The van der Waals surface area contributed by atoms with E-state index in [-0.39, 0.29) is 22.7 Å². The first-order valence-electron chi connectivity index (χ1n) is 5.61. The van der Waals surface area contributed by atoms with Gasteiger partial charge in [-0.1, -0.05) is 29.4 Å². The van der Waals surface area contributed by atoms with Crippen molar-refractivity contribution in [3.8, 4) is 0 Å². The van der Waals surface area contributed by atoms with Gasteiger partial charge in [-0.3, -0.25) is 10.1 Å². The molecular weight excluding hydrogens is 264 g/mol. The van der Waals surface area contributed by atoms with E-state index in [0.29, 0.717) is 5.56 Å². The third-order valence-corrected chi connectivity index (χ3v) is 2.65. The van der Waals surface area contributed by atoms with Crippen molar-refractivity contribution in [2.75, 3.05) is 0 Å². The minimum atomic E-state index is -1.08. The van der Waals surface area contributed by atoms with Crippen LogP contribution >= 0.6 is 0 Å². The molecule has 1 heterocycles. The number of carbonyl (C=O) groups is 1. The van der Waals surface area contributed by atoms with Gasteiger partial charge < -0.3 is 9.63 Å². The Balaban J connectivity index is 2.40. The number of hydrogen-bond acceptors (Lipinski definition) is 5. The van der Waals surface area contributed by atoms with Crippen molar-refractivity contribution >= 4 is 23.8 Å². The van der Waals surface area contributed by atoms with Crippen LogP contribution < -0.4 is 0 Å². The summed E-state index contributed by atoms with van der Waals surface area (Å²) in [4.78, 5) is 21.3. The van der Waals surface area contributed by atoms with E-state index < -0.39 is 10.9 Å². The molecule has 2 aromatic rings. The lowest BCUT2D eigenvalue weighted by atomic mass is 10.1. The van der Waals surface area contributed by atoms with E-state index in [1.54, 1.807) is 18.2 Å². The summed E-state index contributed by atoms with van der Waals surface area (Å²) in [7, 11) is 0. The summed E-state index contributed by atoms with van der Waals surface area (Å²) in [5.74, 6) is -1.10. The third kappa shape index (κ3) is 2.56. The maximum Gasteiger partial charge on any atom is 0.338 e. The predicted octanol–water partition coefficient (Wildman–Crippen LogP) is 2.76. The van der Waals surface area contributed by atoms with Gasteiger partial charge in [-0.25, -0.2) is 4.79 Å². The van der Waals surface area contributed by atoms with Crippen LogP contribution in [0.5, 0.6) is 0 Å². The Morgan fingerprint density at radius 1 is 1.40 bits per heavy atom. The quantitative estimate of drug-likeness (QED) is 0.678. The molecule has 0 aliphatic heterocycles. The number of rotatable bonds is 4. The summed E-state index contributed by atoms with van der Waals surface area (Å²) >= 11 is 0. The molecule has 0 aliphatic carbocycles. The first-order valence-corrected chi connectivity index (χ1v) is 5.61. The van der Waals surface area contributed by atoms with E-state index in [1.165, 1.54) is 25.1 Å². The summed E-state index contributed by atoms with van der Waals surface area (Å²) in [5.41, 5.74) is 0.459. The van der Waals surface area contributed by atoms with Gasteiger partial charge in [0.25, 0.3) is 0 Å². The highest BCUT2D eigenvalue weighted by atomic mass is 16.6. The molecule has 102 valence electrons. The highest BCUT2D eigenvalue weighted by Crippen LogP contribution is 2.25. The number of nitrogens with zero attached hydrogens (tertiary/aromatic N) is 2. The maximum absolute atomic E-state index is 11.0. The Morgan fingerprint density at radius 2 is 2.10 bits per heavy atom. The molecule has 20 heavy (non-hydrogen) atoms. The van der Waals surface area contributed by atoms with E-state index >= 15 is 0 Å². The minimum Gasteiger partial charge on any atom is -0.478 e. The van der Waals surface area contributed by atoms with Gasteiger partial charge >= 0.3 is 11.7 Å². The van der Waals surface area contributed by atoms with Gasteiger partial charge in [-0.2, -0.15) is 0 Å². The number of carboxylic acids is 1. The van der Waals surface area contributed by atoms with E-state index in [9.17, 15) is 14.9 Å². The van der Waals surface area contributed by atoms with Crippen LogP contribution in [-0.4, -0.2) is 21.2 Å². The molecule has 0 saturated carbocycles. The van der Waals surface area contributed by atoms with Crippen LogP contribution in [0.3, 0.4) is 0 Å². The summed E-state index contributed by atoms with van der Waals surface area (Å²) in [6.45, 7) is 1.46. The Hall–Kier alpha value is -2.96. The fraction of sp³-hybridized carbons (Fsp3) is 0.0769. The zero-order valence-corrected chi connectivity index (χ0v) is 10.4. The molecule has 0 aliphatic rings. The standard InChI is InChI=1S/C13H10N2O5/c1-8-12(15(18)19)11(20-14-8)7-6-9-4-2-3-5-10(9)13(16)17/h2-7H,1H3,(H,16,17)/b7-6+. The van der Waals surface area contributed by atoms with Crippen molar-refractivity contribution in [3.05, 3.63) is 57.0 Å². The molecule has 0 saturated heterocycles. The zero-order valence-electron chi connectivity index (χ0n) is 10.4. The second-order valence-corrected chi connectivity index (χ2v) is 3.96. The molecule has 7 nitrogen and oxygen atoms in total. The van der Waals surface area contributed by atoms with Gasteiger partial charge in [0.15, 0.2) is 5.69 Å². The lowest BCUT2D eigenvalue weighted by Crippen LogP contribution is -1.98. The van der Waals surface area contributed by atoms with Crippen LogP contribution in [0, 0.1) is 17.0 Å². The largest absolute Gasteiger partial charge is 0.478 e. The first kappa shape index (κ1) is 13.5. The Bertz CT molecular complexity index is 703. The van der Waals surface area contributed by atoms with Crippen LogP contribution in [0.2, 0.25) is 0 Å². The molecule has 0 radical (unpaired) electrons. The van der Waals surface area contributed by atoms with E-state index in [1.807, 2.05) is 0 Å². The van der Waals surface area contributed by atoms with Crippen LogP contribution in [0.1, 0.15) is 27.4 Å². The smallest absolute Gasteiger partial charge is 0.338 e. The molecule has 0 unspecified atom stereocenters. The van der Waals surface area contributed by atoms with Crippen molar-refractivity contribution in [3.63, 3.8) is 0 Å². The maximum atomic E-state index is 11.0. The number of aryl methyl sites for hydroxylation is 1. The van der Waals surface area contributed by atoms with Gasteiger partial charge in [-0.05, 0) is 24.6 Å². The lowest BCUT2D eigenvalue weighted by Gasteiger charge is -1.99. The Kier molecular flexibility index (Phi) is 3.60. The summed E-state index contributed by atoms with van der Waals surface area (Å²) < 4.78 is 4.85. The molecule has 1 aromatic carbocycles. The highest BCUT2D eigenvalue weighted by Gasteiger charge is 2.22. The molecule has 0 bridgehead atoms. The molecule has 7 heteroatoms. The number of hydrogen-bond donors (Lipinski definition) is 1. The van der Waals surface area contributed by atoms with Gasteiger partial charge in [0.1, 0.15) is 0 Å². The van der Waals surface area contributed by atoms with Gasteiger partial charge in [-0.15, -0.1) is 0 Å². The summed E-state index contributed by atoms with van der Waals surface area (Å²) in [6.07, 6.45) is 2.77. The molecule has 2 rings (SSSR count). The summed E-state index contributed by atoms with van der Waals surface area (Å²) in [6, 6.07) is 6.31. The van der Waals surface area contributed by atoms with Crippen LogP contribution in [0.25, 0.3) is 12.2 Å². The second-order valence-electron chi connectivity index (χ2n) is 3.96. The van der Waals surface area contributed by atoms with Crippen molar-refractivity contribution in [2.24, 2.45) is 0 Å². The van der Waals surface area contributed by atoms with E-state index in [0.717, 1.165) is 0 Å². The average Bonchev–Trinajstić information content (AvgIpc) is 2.77. The van der Waals surface area contributed by atoms with Crippen molar-refractivity contribution in [2.45, 2.75) is 6.92 Å². The molecule has 0 fully saturated rings. The molecule has 0 spiro atoms. The van der Waals surface area contributed by atoms with E-state index in [2.05, 4.69) is 5.16 Å². The number of nitro groups is 1. The fourth-order valence-corrected chi connectivity index (χ4v) is 1.72. The van der Waals surface area contributed by atoms with Gasteiger partial charge in [0.05, 0.1) is 10.5 Å². The van der Waals surface area contributed by atoms with Crippen LogP contribution in [-0.2, 0) is 0 Å². The van der Waals surface area contributed by atoms with E-state index in [4.69, 9.17) is 9.63 Å². The van der Waals surface area contributed by atoms with Crippen LogP contribution in [0.4, 0.5) is 5.69 Å². The minimum absolute atomic E-state index is 0.0207. The topological polar surface area (TPSA) is 106 Å². The number of aromatic nitrogens is 1. The van der Waals surface area contributed by atoms with Crippen molar-refractivity contribution in [1.82, 2.24) is 5.16 Å². The number of benzene rings is 1. The second kappa shape index (κ2) is 5.35. The lowest BCUT2D eigenvalue weighted by molar-refractivity contribution is -0.386. The molecular formula is C13H10N2O5. The highest BCUT2D eigenvalue weighted by molar-refractivity contribution is 5.93. The monoisotopic (exact) mass is 274 g/mol. The molecule has 1 N–H and O–H groups in total. The average molecular weight is 274 g/mol. The van der Waals surface area contributed by atoms with Gasteiger partial charge in [0.2, 0.25) is 5.76 Å². The fourth-order valence-electron chi connectivity index (χ4n) is 1.72. The zero-order chi connectivity index (χ0) is 14.7. The van der Waals surface area contributed by atoms with Crippen molar-refractivity contribution < 1.29 is 19.3 Å².